The Morgan fingerprint density at radius 1 is 0.339 bits per heavy atom. The molecule has 0 spiro atoms. The van der Waals surface area contributed by atoms with E-state index < -0.39 is 303 Å². The van der Waals surface area contributed by atoms with Crippen LogP contribution in [0, 0.1) is 0 Å². The number of phenolic OH excluding ortho intramolecular Hbond substituents is 3. The molecule has 0 radical (unpaired) electrons. The molecule has 21 saturated heterocycles. The maximum atomic E-state index is 12.4. The summed E-state index contributed by atoms with van der Waals surface area (Å²) in [5.41, 5.74) is 0.522. The third-order valence-corrected chi connectivity index (χ3v) is 19.3. The minimum Gasteiger partial charge on any atom is -0.508 e. The first-order chi connectivity index (χ1) is 51.8. The highest BCUT2D eigenvalue weighted by Gasteiger charge is 2.60. The largest absolute Gasteiger partial charge is 0.508 e. The predicted octanol–water partition coefficient (Wildman–Crippen LogP) is -14.1. The van der Waals surface area contributed by atoms with E-state index in [1.165, 1.54) is 24.5 Å². The molecule has 1 aromatic heterocycles. The lowest BCUT2D eigenvalue weighted by atomic mass is 9.95. The van der Waals surface area contributed by atoms with Gasteiger partial charge in [0.05, 0.1) is 58.4 Å². The summed E-state index contributed by atoms with van der Waals surface area (Å²) in [5.74, 6) is -3.21. The minimum absolute atomic E-state index is 0.00775. The SMILES string of the molecule is O=C1O[C@H]([C@@H](O)CO)C(O)=C1O.O=c1c(-c2ccc(O)cc2)coc2cc(O)cc(O)c12.OC[C@H]1O[C@@H]2O[C@H]3[C@H](O)[C@@H](O)[C@@H](O[C@H]4[C@H](O)[C@@H](O)[C@@H](O[C@H]5[C@H](O)[C@@H](O)[C@@H](O[C@H]6[C@H](O)[C@@H](O)[C@@H](O[C@H]7[C@H](O)[C@@H](O)[C@@H](O[C@H]8[C@H](O)[C@@H](O)[C@@H](O[C@H]1[C@H](O)[C@H]2O)O[C@@H]8CO)O[C@@H]7CO)O[C@@H]6CO)O[C@@H]5CO)O[C@@H]4CO)O[C@@H]3CO. The lowest BCUT2D eigenvalue weighted by molar-refractivity contribution is -0.396. The third kappa shape index (κ3) is 17.7. The van der Waals surface area contributed by atoms with Crippen LogP contribution in [-0.2, 0) is 75.8 Å². The van der Waals surface area contributed by atoms with E-state index in [0.29, 0.717) is 5.56 Å². The van der Waals surface area contributed by atoms with Gasteiger partial charge < -0.3 is 218 Å². The zero-order valence-electron chi connectivity index (χ0n) is 56.4. The van der Waals surface area contributed by atoms with Crippen molar-refractivity contribution in [3.05, 3.63) is 64.4 Å². The first-order valence-electron chi connectivity index (χ1n) is 33.6. The zero-order chi connectivity index (χ0) is 79.6. The molecule has 2 aromatic carbocycles. The molecule has 0 unspecified atom stereocenters. The van der Waals surface area contributed by atoms with Crippen molar-refractivity contribution in [3.63, 3.8) is 0 Å². The summed E-state index contributed by atoms with van der Waals surface area (Å²) in [5, 5.41) is 294. The summed E-state index contributed by atoms with van der Waals surface area (Å²) >= 11 is 0. The quantitative estimate of drug-likeness (QED) is 0.0838. The van der Waals surface area contributed by atoms with Gasteiger partial charge in [0.1, 0.15) is 211 Å². The summed E-state index contributed by atoms with van der Waals surface area (Å²) in [6, 6.07) is 8.40. The van der Waals surface area contributed by atoms with Gasteiger partial charge in [-0.2, -0.15) is 0 Å². The van der Waals surface area contributed by atoms with E-state index in [1.807, 2.05) is 0 Å². The number of fused-ring (bicyclic) bond motifs is 1. The Bertz CT molecular complexity index is 3150. The Morgan fingerprint density at radius 2 is 0.606 bits per heavy atom. The van der Waals surface area contributed by atoms with E-state index in [0.717, 1.165) is 6.07 Å². The summed E-state index contributed by atoms with van der Waals surface area (Å²) in [7, 11) is 0. The van der Waals surface area contributed by atoms with Crippen molar-refractivity contribution in [1.29, 1.82) is 0 Å². The monoisotopic (exact) mass is 1580 g/mol. The third-order valence-electron chi connectivity index (χ3n) is 19.3. The van der Waals surface area contributed by atoms with Crippen molar-refractivity contribution >= 4 is 16.9 Å². The van der Waals surface area contributed by atoms with Gasteiger partial charge in [-0.1, -0.05) is 12.1 Å². The second kappa shape index (κ2) is 36.7. The maximum absolute atomic E-state index is 12.4. The van der Waals surface area contributed by atoms with Crippen molar-refractivity contribution < 1.29 is 223 Å². The van der Waals surface area contributed by atoms with Crippen LogP contribution in [0.3, 0.4) is 0 Å². The molecule has 3 aromatic rings. The zero-order valence-corrected chi connectivity index (χ0v) is 56.4. The first kappa shape index (κ1) is 85.8. The molecular weight excluding hydrogens is 1490 g/mol. The predicted molar refractivity (Wildman–Crippen MR) is 337 cm³/mol. The van der Waals surface area contributed by atoms with Crippen LogP contribution < -0.4 is 5.43 Å². The molecule has 46 heteroatoms. The van der Waals surface area contributed by atoms with Crippen LogP contribution in [-0.4, -0.2) is 429 Å². The number of ether oxygens (including phenoxy) is 15. The van der Waals surface area contributed by atoms with Gasteiger partial charge in [-0.15, -0.1) is 0 Å². The van der Waals surface area contributed by atoms with Gasteiger partial charge in [-0.3, -0.25) is 4.79 Å². The van der Waals surface area contributed by atoms with Crippen LogP contribution in [0.25, 0.3) is 22.1 Å². The highest BCUT2D eigenvalue weighted by molar-refractivity contribution is 5.89. The highest BCUT2D eigenvalue weighted by atomic mass is 16.8. The molecule has 14 bridgehead atoms. The Kier molecular flexibility index (Phi) is 28.9. The second-order valence-electron chi connectivity index (χ2n) is 26.3. The second-order valence-corrected chi connectivity index (χ2v) is 26.3. The number of hydrogen-bond acceptors (Lipinski definition) is 46. The number of phenols is 3. The van der Waals surface area contributed by atoms with Crippen LogP contribution in [0.5, 0.6) is 17.2 Å². The van der Waals surface area contributed by atoms with Gasteiger partial charge >= 0.3 is 5.97 Å². The molecule has 46 nitrogen and oxygen atoms in total. The Morgan fingerprint density at radius 3 is 0.835 bits per heavy atom. The van der Waals surface area contributed by atoms with Crippen LogP contribution in [0.4, 0.5) is 0 Å². The molecule has 37 atom stereocenters. The van der Waals surface area contributed by atoms with Gasteiger partial charge in [0.2, 0.25) is 11.2 Å². The molecule has 22 aliphatic heterocycles. The van der Waals surface area contributed by atoms with E-state index in [1.54, 1.807) is 12.1 Å². The molecule has 28 N–H and O–H groups in total. The summed E-state index contributed by atoms with van der Waals surface area (Å²) < 4.78 is 89.1. The number of esters is 1. The highest BCUT2D eigenvalue weighted by Crippen LogP contribution is 2.40. The standard InChI is InChI=1S/C42H70O35.C15H10O5.C6H8O6/c43-1-8-29-15(50)22(57)36(64-8)72-30-9(2-44)66-38(24(59)17(30)52)74-32-11(4-46)68-40(26(61)19(32)54)76-34-13(6-48)70-42(28(63)21(34)56)77-35-14(7-49)69-41(27(62)20(35)55)75-33-12(5-47)67-39(25(60)18(33)53)73-31-10(3-45)65-37(71-29)23(58)16(31)51;16-9-3-1-8(2-4-9)11-7-20-13-6-10(17)5-12(18)14(13)15(11)19;7-1-2(8)5-3(9)4(10)6(11)12-5/h8-63H,1-7H2;1-7,16-18H;2,5,7-10H,1H2/t8-,9-,10-,11-,12-,13-,14-,15-,16-,17-,18-,19-,20-,21-,22-,23-,24-,25-,26-,27-,28-,29-,30-,31-,32-,33-,34-,35-,36-,37-,38-,39-,40-,41-,42-;;2-,5+/m1.0/s1. The van der Waals surface area contributed by atoms with Crippen LogP contribution in [0.1, 0.15) is 0 Å². The van der Waals surface area contributed by atoms with E-state index in [9.17, 15) is 132 Å². The average molecular weight is 1580 g/mol. The normalized spacial score (nSPS) is 43.9. The Hall–Kier alpha value is -5.62. The van der Waals surface area contributed by atoms with Crippen molar-refractivity contribution in [3.8, 4) is 28.4 Å². The molecule has 0 saturated carbocycles. The maximum Gasteiger partial charge on any atom is 0.377 e. The molecule has 109 heavy (non-hydrogen) atoms. The number of hydrogen-bond donors (Lipinski definition) is 28. The molecule has 616 valence electrons. The number of cyclic esters (lactones) is 1. The lowest BCUT2D eigenvalue weighted by Gasteiger charge is -2.50. The molecule has 0 amide bonds. The summed E-state index contributed by atoms with van der Waals surface area (Å²) in [6.07, 6.45) is -71.8. The van der Waals surface area contributed by atoms with Crippen LogP contribution in [0.2, 0.25) is 0 Å². The number of aromatic hydroxyl groups is 3. The van der Waals surface area contributed by atoms with Gasteiger partial charge in [-0.25, -0.2) is 4.79 Å². The fourth-order valence-electron chi connectivity index (χ4n) is 13.3. The molecule has 25 rings (SSSR count). The smallest absolute Gasteiger partial charge is 0.377 e. The number of rotatable bonds is 10. The van der Waals surface area contributed by atoms with Crippen molar-refractivity contribution in [2.24, 2.45) is 0 Å². The fraction of sp³-hybridized carbons (Fsp3) is 0.714. The van der Waals surface area contributed by atoms with E-state index >= 15 is 0 Å². The van der Waals surface area contributed by atoms with Crippen molar-refractivity contribution in [1.82, 2.24) is 0 Å². The number of aliphatic hydroxyl groups is 25. The van der Waals surface area contributed by atoms with Gasteiger partial charge in [0.25, 0.3) is 0 Å². The summed E-state index contributed by atoms with van der Waals surface area (Å²) in [4.78, 5) is 22.9. The average Bonchev–Trinajstić information content (AvgIpc) is 0.832. The van der Waals surface area contributed by atoms with E-state index in [-0.39, 0.29) is 33.8 Å². The molecule has 0 aliphatic carbocycles. The Balaban J connectivity index is 0.000000321. The number of carbonyl (C=O) groups excluding carboxylic acids is 1. The summed E-state index contributed by atoms with van der Waals surface area (Å²) in [6.45, 7) is -8.00. The van der Waals surface area contributed by atoms with E-state index in [2.05, 4.69) is 4.74 Å². The van der Waals surface area contributed by atoms with Gasteiger partial charge in [0, 0.05) is 12.1 Å². The first-order valence-corrected chi connectivity index (χ1v) is 33.6. The Labute approximate surface area is 611 Å². The van der Waals surface area contributed by atoms with Crippen molar-refractivity contribution in [2.75, 3.05) is 52.9 Å². The topological polar surface area (TPSA) is 752 Å². The molecular formula is C63H88O46. The lowest BCUT2D eigenvalue weighted by Crippen LogP contribution is -2.68. The molecule has 22 aliphatic rings. The van der Waals surface area contributed by atoms with Crippen LogP contribution >= 0.6 is 0 Å². The van der Waals surface area contributed by atoms with Crippen molar-refractivity contribution in [2.45, 2.75) is 227 Å². The van der Waals surface area contributed by atoms with Crippen LogP contribution in [0.15, 0.2) is 63.4 Å². The minimum atomic E-state index is -2.21. The van der Waals surface area contributed by atoms with Gasteiger partial charge in [-0.05, 0) is 17.7 Å². The number of aliphatic hydroxyl groups excluding tert-OH is 25. The molecule has 21 fully saturated rings. The van der Waals surface area contributed by atoms with E-state index in [4.69, 9.17) is 91.2 Å². The number of carbonyl (C=O) groups is 1. The molecule has 23 heterocycles. The fourth-order valence-corrected chi connectivity index (χ4v) is 13.3. The number of benzene rings is 2. The van der Waals surface area contributed by atoms with Gasteiger partial charge in [0.15, 0.2) is 55.9 Å².